The Balaban J connectivity index is 2.36. The number of carbonyl (C=O) groups excluding carboxylic acids is 2. The van der Waals surface area contributed by atoms with Gasteiger partial charge in [-0.15, -0.1) is 0 Å². The van der Waals surface area contributed by atoms with Gasteiger partial charge in [-0.05, 0) is 41.9 Å². The van der Waals surface area contributed by atoms with Crippen molar-refractivity contribution in [3.8, 4) is 5.75 Å². The molecule has 1 unspecified atom stereocenters. The van der Waals surface area contributed by atoms with Crippen molar-refractivity contribution in [1.29, 1.82) is 0 Å². The minimum atomic E-state index is -1.68. The Labute approximate surface area is 112 Å². The van der Waals surface area contributed by atoms with Crippen molar-refractivity contribution < 1.29 is 19.1 Å². The quantitative estimate of drug-likeness (QED) is 0.508. The lowest BCUT2D eigenvalue weighted by atomic mass is 10.0. The fourth-order valence-electron chi connectivity index (χ4n) is 1.49. The van der Waals surface area contributed by atoms with Crippen LogP contribution in [0.2, 0.25) is 0 Å². The van der Waals surface area contributed by atoms with Gasteiger partial charge in [0.15, 0.2) is 11.6 Å². The van der Waals surface area contributed by atoms with E-state index in [4.69, 9.17) is 9.47 Å². The third-order valence-electron chi connectivity index (χ3n) is 2.47. The Hall–Kier alpha value is -1.63. The molecule has 1 aromatic heterocycles. The normalized spacial score (nSPS) is 21.6. The molecule has 1 atom stereocenters. The summed E-state index contributed by atoms with van der Waals surface area (Å²) in [7, 11) is 0. The summed E-state index contributed by atoms with van der Waals surface area (Å²) < 4.78 is 10.8. The Morgan fingerprint density at radius 2 is 2.33 bits per heavy atom. The SMILES string of the molecule is CCOC(=O)C1(C)Oc2ccc(Br)nc2NC1=O. The number of pyridine rings is 1. The summed E-state index contributed by atoms with van der Waals surface area (Å²) in [5.74, 6) is -0.723. The molecule has 1 aromatic rings. The highest BCUT2D eigenvalue weighted by molar-refractivity contribution is 9.10. The van der Waals surface area contributed by atoms with Crippen LogP contribution in [0.3, 0.4) is 0 Å². The number of halogens is 1. The molecule has 1 N–H and O–H groups in total. The van der Waals surface area contributed by atoms with Crippen molar-refractivity contribution in [2.24, 2.45) is 0 Å². The fourth-order valence-corrected chi connectivity index (χ4v) is 1.80. The van der Waals surface area contributed by atoms with Crippen molar-refractivity contribution >= 4 is 33.6 Å². The highest BCUT2D eigenvalue weighted by atomic mass is 79.9. The number of carbonyl (C=O) groups is 2. The van der Waals surface area contributed by atoms with Gasteiger partial charge in [-0.3, -0.25) is 4.79 Å². The fraction of sp³-hybridized carbons (Fsp3) is 0.364. The molecule has 1 aliphatic heterocycles. The Bertz CT molecular complexity index is 520. The van der Waals surface area contributed by atoms with Gasteiger partial charge >= 0.3 is 5.97 Å². The minimum absolute atomic E-state index is 0.177. The first-order valence-electron chi connectivity index (χ1n) is 5.31. The molecule has 0 saturated carbocycles. The van der Waals surface area contributed by atoms with Crippen molar-refractivity contribution in [2.45, 2.75) is 19.4 Å². The molecule has 1 amide bonds. The molecule has 1 aliphatic rings. The number of hydrogen-bond acceptors (Lipinski definition) is 5. The van der Waals surface area contributed by atoms with E-state index < -0.39 is 17.5 Å². The molecule has 96 valence electrons. The van der Waals surface area contributed by atoms with E-state index in [9.17, 15) is 9.59 Å². The predicted octanol–water partition coefficient (Wildman–Crippen LogP) is 1.50. The molecule has 0 bridgehead atoms. The molecule has 0 radical (unpaired) electrons. The average Bonchev–Trinajstić information content (AvgIpc) is 2.31. The number of amides is 1. The maximum absolute atomic E-state index is 11.9. The van der Waals surface area contributed by atoms with Gasteiger partial charge in [0.25, 0.3) is 11.5 Å². The van der Waals surface area contributed by atoms with E-state index in [0.717, 1.165) is 0 Å². The molecule has 0 fully saturated rings. The van der Waals surface area contributed by atoms with Gasteiger partial charge in [0.1, 0.15) is 4.60 Å². The van der Waals surface area contributed by atoms with Gasteiger partial charge in [-0.1, -0.05) is 0 Å². The molecule has 0 saturated heterocycles. The van der Waals surface area contributed by atoms with Crippen molar-refractivity contribution in [1.82, 2.24) is 4.98 Å². The maximum Gasteiger partial charge on any atom is 0.360 e. The van der Waals surface area contributed by atoms with Crippen LogP contribution in [0.4, 0.5) is 5.82 Å². The lowest BCUT2D eigenvalue weighted by Gasteiger charge is -2.31. The summed E-state index contributed by atoms with van der Waals surface area (Å²) in [6, 6.07) is 3.27. The second-order valence-electron chi connectivity index (χ2n) is 3.79. The lowest BCUT2D eigenvalue weighted by molar-refractivity contribution is -0.165. The Kier molecular flexibility index (Phi) is 3.25. The standard InChI is InChI=1S/C11H11BrN2O4/c1-3-17-10(16)11(2)9(15)14-8-6(18-11)4-5-7(12)13-8/h4-5H,3H2,1-2H3,(H,13,14,15). The first-order chi connectivity index (χ1) is 8.47. The molecule has 0 spiro atoms. The maximum atomic E-state index is 11.9. The number of nitrogens with one attached hydrogen (secondary N) is 1. The number of esters is 1. The number of hydrogen-bond donors (Lipinski definition) is 1. The van der Waals surface area contributed by atoms with Crippen molar-refractivity contribution in [2.75, 3.05) is 11.9 Å². The van der Waals surface area contributed by atoms with Gasteiger partial charge in [0, 0.05) is 0 Å². The molecular formula is C11H11BrN2O4. The zero-order chi connectivity index (χ0) is 13.3. The van der Waals surface area contributed by atoms with Gasteiger partial charge in [-0.2, -0.15) is 0 Å². The van der Waals surface area contributed by atoms with E-state index in [-0.39, 0.29) is 12.4 Å². The van der Waals surface area contributed by atoms with Crippen LogP contribution >= 0.6 is 15.9 Å². The van der Waals surface area contributed by atoms with Crippen LogP contribution in [0.25, 0.3) is 0 Å². The van der Waals surface area contributed by atoms with Crippen LogP contribution in [-0.4, -0.2) is 29.1 Å². The number of rotatable bonds is 2. The van der Waals surface area contributed by atoms with E-state index in [1.165, 1.54) is 6.92 Å². The van der Waals surface area contributed by atoms with E-state index in [0.29, 0.717) is 10.4 Å². The Morgan fingerprint density at radius 1 is 1.61 bits per heavy atom. The molecule has 0 aromatic carbocycles. The third-order valence-corrected chi connectivity index (χ3v) is 2.91. The molecule has 6 nitrogen and oxygen atoms in total. The molecule has 7 heteroatoms. The van der Waals surface area contributed by atoms with Crippen LogP contribution in [0.1, 0.15) is 13.8 Å². The predicted molar refractivity (Wildman–Crippen MR) is 66.2 cm³/mol. The minimum Gasteiger partial charge on any atom is -0.463 e. The topological polar surface area (TPSA) is 77.5 Å². The zero-order valence-corrected chi connectivity index (χ0v) is 11.4. The number of nitrogens with zero attached hydrogens (tertiary/aromatic N) is 1. The monoisotopic (exact) mass is 314 g/mol. The molecule has 2 heterocycles. The third kappa shape index (κ3) is 2.05. The summed E-state index contributed by atoms with van der Waals surface area (Å²) in [6.07, 6.45) is 0. The molecular weight excluding hydrogens is 304 g/mol. The van der Waals surface area contributed by atoms with E-state index in [1.807, 2.05) is 0 Å². The second-order valence-corrected chi connectivity index (χ2v) is 4.60. The summed E-state index contributed by atoms with van der Waals surface area (Å²) in [5, 5.41) is 2.52. The van der Waals surface area contributed by atoms with Gasteiger partial charge < -0.3 is 14.8 Å². The van der Waals surface area contributed by atoms with Gasteiger partial charge in [0.2, 0.25) is 0 Å². The number of anilines is 1. The van der Waals surface area contributed by atoms with Crippen molar-refractivity contribution in [3.63, 3.8) is 0 Å². The van der Waals surface area contributed by atoms with E-state index >= 15 is 0 Å². The van der Waals surface area contributed by atoms with Crippen LogP contribution in [-0.2, 0) is 14.3 Å². The van der Waals surface area contributed by atoms with E-state index in [2.05, 4.69) is 26.2 Å². The second kappa shape index (κ2) is 4.56. The largest absolute Gasteiger partial charge is 0.463 e. The first-order valence-corrected chi connectivity index (χ1v) is 6.11. The molecule has 0 aliphatic carbocycles. The smallest absolute Gasteiger partial charge is 0.360 e. The summed E-state index contributed by atoms with van der Waals surface area (Å²) in [4.78, 5) is 27.7. The lowest BCUT2D eigenvalue weighted by Crippen LogP contribution is -2.55. The van der Waals surface area contributed by atoms with Crippen LogP contribution < -0.4 is 10.1 Å². The molecule has 2 rings (SSSR count). The van der Waals surface area contributed by atoms with Crippen LogP contribution in [0.15, 0.2) is 16.7 Å². The zero-order valence-electron chi connectivity index (χ0n) is 9.82. The average molecular weight is 315 g/mol. The van der Waals surface area contributed by atoms with Crippen molar-refractivity contribution in [3.05, 3.63) is 16.7 Å². The number of ether oxygens (including phenoxy) is 2. The molecule has 18 heavy (non-hydrogen) atoms. The Morgan fingerprint density at radius 3 is 3.00 bits per heavy atom. The number of fused-ring (bicyclic) bond motifs is 1. The van der Waals surface area contributed by atoms with Gasteiger partial charge in [0.05, 0.1) is 6.61 Å². The van der Waals surface area contributed by atoms with Crippen LogP contribution in [0, 0.1) is 0 Å². The summed E-state index contributed by atoms with van der Waals surface area (Å²) >= 11 is 3.18. The number of aromatic nitrogens is 1. The highest BCUT2D eigenvalue weighted by Crippen LogP contribution is 2.33. The highest BCUT2D eigenvalue weighted by Gasteiger charge is 2.49. The van der Waals surface area contributed by atoms with E-state index in [1.54, 1.807) is 19.1 Å². The van der Waals surface area contributed by atoms with Crippen LogP contribution in [0.5, 0.6) is 5.75 Å². The summed E-state index contributed by atoms with van der Waals surface area (Å²) in [5.41, 5.74) is -1.68. The van der Waals surface area contributed by atoms with Gasteiger partial charge in [-0.25, -0.2) is 9.78 Å². The first kappa shape index (κ1) is 12.8. The summed E-state index contributed by atoms with van der Waals surface area (Å²) in [6.45, 7) is 3.20.